The summed E-state index contributed by atoms with van der Waals surface area (Å²) < 4.78 is 27.1. The van der Waals surface area contributed by atoms with Gasteiger partial charge in [0.15, 0.2) is 0 Å². The summed E-state index contributed by atoms with van der Waals surface area (Å²) in [6, 6.07) is 2.87. The van der Waals surface area contributed by atoms with Crippen LogP contribution in [0.25, 0.3) is 0 Å². The third-order valence-corrected chi connectivity index (χ3v) is 5.94. The zero-order valence-corrected chi connectivity index (χ0v) is 12.4. The van der Waals surface area contributed by atoms with Crippen molar-refractivity contribution in [3.63, 3.8) is 0 Å². The number of hydrogen-bond acceptors (Lipinski definition) is 3. The minimum Gasteiger partial charge on any atom is -0.243 e. The smallest absolute Gasteiger partial charge is 0.242 e. The molecule has 1 fully saturated rings. The molecule has 0 amide bonds. The molecule has 0 unspecified atom stereocenters. The zero-order chi connectivity index (χ0) is 13.8. The van der Waals surface area contributed by atoms with E-state index in [0.717, 1.165) is 0 Å². The van der Waals surface area contributed by atoms with Crippen LogP contribution in [0.15, 0.2) is 23.2 Å². The van der Waals surface area contributed by atoms with Gasteiger partial charge in [-0.3, -0.25) is 0 Å². The highest BCUT2D eigenvalue weighted by atomic mass is 35.5. The van der Waals surface area contributed by atoms with E-state index in [4.69, 9.17) is 11.6 Å². The van der Waals surface area contributed by atoms with Crippen LogP contribution in [0.5, 0.6) is 0 Å². The van der Waals surface area contributed by atoms with Crippen molar-refractivity contribution in [2.45, 2.75) is 38.6 Å². The van der Waals surface area contributed by atoms with E-state index in [1.54, 1.807) is 0 Å². The van der Waals surface area contributed by atoms with Crippen molar-refractivity contribution < 1.29 is 8.42 Å². The number of hydrogen-bond donors (Lipinski definition) is 1. The van der Waals surface area contributed by atoms with Crippen LogP contribution < -0.4 is 4.72 Å². The Morgan fingerprint density at radius 2 is 1.78 bits per heavy atom. The van der Waals surface area contributed by atoms with Gasteiger partial charge < -0.3 is 0 Å². The summed E-state index contributed by atoms with van der Waals surface area (Å²) in [6.07, 6.45) is 1.27. The number of sulfonamides is 1. The van der Waals surface area contributed by atoms with Crippen molar-refractivity contribution in [3.05, 3.63) is 23.5 Å². The normalized spacial score (nSPS) is 21.8. The van der Waals surface area contributed by atoms with E-state index < -0.39 is 10.0 Å². The highest BCUT2D eigenvalue weighted by Crippen LogP contribution is 2.62. The quantitative estimate of drug-likeness (QED) is 0.869. The Balaban J connectivity index is 2.22. The topological polar surface area (TPSA) is 59.1 Å². The lowest BCUT2D eigenvalue weighted by Gasteiger charge is -2.07. The minimum absolute atomic E-state index is 0.0417. The summed E-state index contributed by atoms with van der Waals surface area (Å²) in [5, 5.41) is 0.279. The Bertz CT molecular complexity index is 550. The van der Waals surface area contributed by atoms with Crippen molar-refractivity contribution >= 4 is 21.6 Å². The fraction of sp³-hybridized carbons (Fsp3) is 0.583. The van der Waals surface area contributed by atoms with Gasteiger partial charge >= 0.3 is 0 Å². The first-order valence-corrected chi connectivity index (χ1v) is 7.59. The Morgan fingerprint density at radius 1 is 1.22 bits per heavy atom. The summed E-state index contributed by atoms with van der Waals surface area (Å²) in [4.78, 5) is 3.94. The molecule has 1 heterocycles. The summed E-state index contributed by atoms with van der Waals surface area (Å²) in [7, 11) is -3.53. The molecule has 0 saturated heterocycles. The third kappa shape index (κ3) is 2.04. The molecule has 18 heavy (non-hydrogen) atoms. The monoisotopic (exact) mass is 288 g/mol. The van der Waals surface area contributed by atoms with Crippen molar-refractivity contribution in [1.29, 1.82) is 0 Å². The predicted molar refractivity (Wildman–Crippen MR) is 70.9 cm³/mol. The van der Waals surface area contributed by atoms with Crippen LogP contribution >= 0.6 is 11.6 Å². The number of pyridine rings is 1. The molecule has 1 aliphatic carbocycles. The molecule has 1 N–H and O–H groups in total. The van der Waals surface area contributed by atoms with Crippen LogP contribution in [-0.2, 0) is 10.0 Å². The summed E-state index contributed by atoms with van der Waals surface area (Å²) in [5.74, 6) is 0. The SMILES string of the molecule is CC1(C)C(NS(=O)(=O)c2ccc(Cl)nc2)C1(C)C. The van der Waals surface area contributed by atoms with Crippen LogP contribution in [-0.4, -0.2) is 19.4 Å². The first-order valence-electron chi connectivity index (χ1n) is 5.73. The van der Waals surface area contributed by atoms with Crippen LogP contribution in [0.1, 0.15) is 27.7 Å². The molecule has 1 saturated carbocycles. The van der Waals surface area contributed by atoms with E-state index in [2.05, 4.69) is 37.4 Å². The molecule has 1 aromatic rings. The highest BCUT2D eigenvalue weighted by Gasteiger charge is 2.66. The maximum Gasteiger partial charge on any atom is 0.242 e. The molecular weight excluding hydrogens is 272 g/mol. The first kappa shape index (κ1) is 13.8. The Kier molecular flexibility index (Phi) is 3.00. The molecule has 0 aliphatic heterocycles. The Morgan fingerprint density at radius 3 is 2.17 bits per heavy atom. The third-order valence-electron chi connectivity index (χ3n) is 4.30. The first-order chi connectivity index (χ1) is 8.09. The van der Waals surface area contributed by atoms with Gasteiger partial charge in [-0.05, 0) is 23.0 Å². The van der Waals surface area contributed by atoms with Crippen molar-refractivity contribution in [2.24, 2.45) is 10.8 Å². The van der Waals surface area contributed by atoms with E-state index in [9.17, 15) is 8.42 Å². The Hall–Kier alpha value is -0.650. The van der Waals surface area contributed by atoms with Gasteiger partial charge in [-0.25, -0.2) is 18.1 Å². The second kappa shape index (κ2) is 3.92. The van der Waals surface area contributed by atoms with Gasteiger partial charge in [0.25, 0.3) is 0 Å². The van der Waals surface area contributed by atoms with Gasteiger partial charge in [0.2, 0.25) is 10.0 Å². The average Bonchev–Trinajstić information content (AvgIpc) is 2.61. The lowest BCUT2D eigenvalue weighted by Crippen LogP contribution is -2.30. The highest BCUT2D eigenvalue weighted by molar-refractivity contribution is 7.89. The van der Waals surface area contributed by atoms with E-state index in [1.807, 2.05) is 0 Å². The Labute approximate surface area is 113 Å². The molecule has 0 aromatic carbocycles. The van der Waals surface area contributed by atoms with Crippen LogP contribution in [0.4, 0.5) is 0 Å². The number of nitrogens with zero attached hydrogens (tertiary/aromatic N) is 1. The predicted octanol–water partition coefficient (Wildman–Crippen LogP) is 2.45. The average molecular weight is 289 g/mol. The van der Waals surface area contributed by atoms with Crippen molar-refractivity contribution in [3.8, 4) is 0 Å². The lowest BCUT2D eigenvalue weighted by molar-refractivity contribution is 0.457. The number of nitrogens with one attached hydrogen (secondary N) is 1. The van der Waals surface area contributed by atoms with E-state index in [1.165, 1.54) is 18.3 Å². The molecule has 0 spiro atoms. The van der Waals surface area contributed by atoms with Crippen molar-refractivity contribution in [2.75, 3.05) is 0 Å². The molecule has 0 atom stereocenters. The maximum atomic E-state index is 12.2. The van der Waals surface area contributed by atoms with Crippen molar-refractivity contribution in [1.82, 2.24) is 9.71 Å². The molecule has 4 nitrogen and oxygen atoms in total. The second-order valence-corrected chi connectivity index (χ2v) is 7.92. The molecular formula is C12H17ClN2O2S. The second-order valence-electron chi connectivity index (χ2n) is 5.81. The fourth-order valence-electron chi connectivity index (χ4n) is 2.24. The maximum absolute atomic E-state index is 12.2. The summed E-state index contributed by atoms with van der Waals surface area (Å²) in [5.41, 5.74) is -0.0835. The molecule has 1 aliphatic rings. The van der Waals surface area contributed by atoms with Gasteiger partial charge in [-0.15, -0.1) is 0 Å². The fourth-order valence-corrected chi connectivity index (χ4v) is 3.82. The molecule has 6 heteroatoms. The lowest BCUT2D eigenvalue weighted by atomic mass is 10.0. The van der Waals surface area contributed by atoms with Gasteiger partial charge in [-0.2, -0.15) is 0 Å². The number of halogens is 1. The number of aromatic nitrogens is 1. The zero-order valence-electron chi connectivity index (χ0n) is 10.9. The van der Waals surface area contributed by atoms with Crippen LogP contribution in [0.3, 0.4) is 0 Å². The van der Waals surface area contributed by atoms with Crippen LogP contribution in [0.2, 0.25) is 5.15 Å². The molecule has 0 bridgehead atoms. The molecule has 0 radical (unpaired) electrons. The number of rotatable bonds is 3. The van der Waals surface area contributed by atoms with E-state index in [0.29, 0.717) is 0 Å². The van der Waals surface area contributed by atoms with E-state index >= 15 is 0 Å². The standard InChI is InChI=1S/C12H17ClN2O2S/c1-11(2)10(12(11,3)4)15-18(16,17)8-5-6-9(13)14-7-8/h5-7,10,15H,1-4H3. The summed E-state index contributed by atoms with van der Waals surface area (Å²) in [6.45, 7) is 8.22. The molecule has 100 valence electrons. The van der Waals surface area contributed by atoms with E-state index in [-0.39, 0.29) is 26.9 Å². The molecule has 2 rings (SSSR count). The van der Waals surface area contributed by atoms with Gasteiger partial charge in [0.05, 0.1) is 0 Å². The van der Waals surface area contributed by atoms with Gasteiger partial charge in [-0.1, -0.05) is 39.3 Å². The van der Waals surface area contributed by atoms with Gasteiger partial charge in [0, 0.05) is 12.2 Å². The minimum atomic E-state index is -3.53. The van der Waals surface area contributed by atoms with Gasteiger partial charge in [0.1, 0.15) is 10.0 Å². The largest absolute Gasteiger partial charge is 0.243 e. The summed E-state index contributed by atoms with van der Waals surface area (Å²) >= 11 is 5.64. The molecule has 1 aromatic heterocycles. The van der Waals surface area contributed by atoms with Crippen LogP contribution in [0, 0.1) is 10.8 Å².